The van der Waals surface area contributed by atoms with E-state index in [4.69, 9.17) is 5.11 Å². The van der Waals surface area contributed by atoms with E-state index in [1.54, 1.807) is 0 Å². The number of aromatic carboxylic acids is 1. The minimum atomic E-state index is -4.41. The Morgan fingerprint density at radius 2 is 1.77 bits per heavy atom. The third kappa shape index (κ3) is 4.38. The van der Waals surface area contributed by atoms with Crippen molar-refractivity contribution in [2.75, 3.05) is 0 Å². The van der Waals surface area contributed by atoms with Crippen LogP contribution in [-0.2, 0) is 5.92 Å². The molecule has 6 heteroatoms. The first kappa shape index (κ1) is 20.7. The minimum absolute atomic E-state index is 0.162. The van der Waals surface area contributed by atoms with Crippen molar-refractivity contribution in [1.82, 2.24) is 0 Å². The first-order chi connectivity index (χ1) is 12.1. The summed E-state index contributed by atoms with van der Waals surface area (Å²) in [5, 5.41) is 9.06. The van der Waals surface area contributed by atoms with E-state index in [9.17, 15) is 22.4 Å². The van der Waals surface area contributed by atoms with E-state index in [1.807, 2.05) is 0 Å². The summed E-state index contributed by atoms with van der Waals surface area (Å²) >= 11 is 0. The van der Waals surface area contributed by atoms with Crippen LogP contribution in [0.2, 0.25) is 0 Å². The standard InChI is InChI=1S/C20H26F4O2/c1-3-4-5-13-6-8-14(9-7-13)16-11-10-15(18(25)26)12-17(16)20(23,24)19(2,21)22/h10-14H,3-9H2,1-2H3,(H,25,26). The molecule has 0 unspecified atom stereocenters. The highest BCUT2D eigenvalue weighted by molar-refractivity contribution is 5.88. The molecule has 146 valence electrons. The van der Waals surface area contributed by atoms with Crippen LogP contribution in [0.15, 0.2) is 18.2 Å². The molecule has 1 saturated carbocycles. The summed E-state index contributed by atoms with van der Waals surface area (Å²) in [6, 6.07) is 3.25. The van der Waals surface area contributed by atoms with Crippen molar-refractivity contribution in [3.05, 3.63) is 34.9 Å². The fourth-order valence-electron chi connectivity index (χ4n) is 3.81. The average molecular weight is 374 g/mol. The van der Waals surface area contributed by atoms with Gasteiger partial charge >= 0.3 is 17.8 Å². The maximum absolute atomic E-state index is 14.4. The first-order valence-corrected chi connectivity index (χ1v) is 9.21. The topological polar surface area (TPSA) is 37.3 Å². The second kappa shape index (κ2) is 7.97. The minimum Gasteiger partial charge on any atom is -0.478 e. The summed E-state index contributed by atoms with van der Waals surface area (Å²) in [5.41, 5.74) is -1.08. The lowest BCUT2D eigenvalue weighted by molar-refractivity contribution is -0.205. The molecule has 0 amide bonds. The molecule has 2 rings (SSSR count). The average Bonchev–Trinajstić information content (AvgIpc) is 2.59. The summed E-state index contributed by atoms with van der Waals surface area (Å²) in [7, 11) is 0. The van der Waals surface area contributed by atoms with Crippen molar-refractivity contribution < 1.29 is 27.5 Å². The number of halogens is 4. The van der Waals surface area contributed by atoms with Crippen molar-refractivity contribution in [3.63, 3.8) is 0 Å². The summed E-state index contributed by atoms with van der Waals surface area (Å²) in [6.45, 7) is 2.29. The normalized spacial score (nSPS) is 21.6. The summed E-state index contributed by atoms with van der Waals surface area (Å²) < 4.78 is 56.0. The van der Waals surface area contributed by atoms with E-state index in [0.29, 0.717) is 18.8 Å². The Kier molecular flexibility index (Phi) is 6.35. The first-order valence-electron chi connectivity index (χ1n) is 9.21. The Balaban J connectivity index is 2.33. The van der Waals surface area contributed by atoms with Gasteiger partial charge < -0.3 is 5.11 Å². The highest BCUT2D eigenvalue weighted by Gasteiger charge is 2.55. The van der Waals surface area contributed by atoms with Crippen LogP contribution in [0.1, 0.15) is 86.2 Å². The Bertz CT molecular complexity index is 629. The number of carbonyl (C=O) groups is 1. The zero-order valence-corrected chi connectivity index (χ0v) is 15.2. The third-order valence-corrected chi connectivity index (χ3v) is 5.44. The molecule has 1 aliphatic rings. The molecule has 2 nitrogen and oxygen atoms in total. The van der Waals surface area contributed by atoms with E-state index in [2.05, 4.69) is 6.92 Å². The Morgan fingerprint density at radius 3 is 2.27 bits per heavy atom. The van der Waals surface area contributed by atoms with Gasteiger partial charge in [-0.15, -0.1) is 0 Å². The highest BCUT2D eigenvalue weighted by Crippen LogP contribution is 2.48. The van der Waals surface area contributed by atoms with Crippen molar-refractivity contribution in [3.8, 4) is 0 Å². The number of benzene rings is 1. The zero-order valence-electron chi connectivity index (χ0n) is 15.2. The van der Waals surface area contributed by atoms with Crippen LogP contribution < -0.4 is 0 Å². The molecule has 1 aromatic rings. The monoisotopic (exact) mass is 374 g/mol. The van der Waals surface area contributed by atoms with E-state index < -0.39 is 28.9 Å². The SMILES string of the molecule is CCCCC1CCC(c2ccc(C(=O)O)cc2C(F)(F)C(C)(F)F)CC1. The number of rotatable bonds is 7. The van der Waals surface area contributed by atoms with E-state index >= 15 is 0 Å². The van der Waals surface area contributed by atoms with Gasteiger partial charge in [0.25, 0.3) is 0 Å². The molecule has 0 heterocycles. The summed E-state index contributed by atoms with van der Waals surface area (Å²) in [6.07, 6.45) is 6.46. The van der Waals surface area contributed by atoms with Crippen LogP contribution in [0.25, 0.3) is 0 Å². The Hall–Kier alpha value is -1.59. The molecular formula is C20H26F4O2. The van der Waals surface area contributed by atoms with Gasteiger partial charge in [0, 0.05) is 12.5 Å². The fourth-order valence-corrected chi connectivity index (χ4v) is 3.81. The molecule has 1 aromatic carbocycles. The number of alkyl halides is 4. The Morgan fingerprint density at radius 1 is 1.15 bits per heavy atom. The molecule has 0 atom stereocenters. The molecule has 26 heavy (non-hydrogen) atoms. The van der Waals surface area contributed by atoms with Crippen LogP contribution in [-0.4, -0.2) is 17.0 Å². The van der Waals surface area contributed by atoms with Gasteiger partial charge in [0.15, 0.2) is 0 Å². The largest absolute Gasteiger partial charge is 0.478 e. The van der Waals surface area contributed by atoms with Gasteiger partial charge in [0.2, 0.25) is 0 Å². The second-order valence-corrected chi connectivity index (χ2v) is 7.43. The van der Waals surface area contributed by atoms with Crippen LogP contribution in [0, 0.1) is 5.92 Å². The smallest absolute Gasteiger partial charge is 0.335 e. The maximum Gasteiger partial charge on any atom is 0.335 e. The molecule has 0 bridgehead atoms. The van der Waals surface area contributed by atoms with Gasteiger partial charge in [-0.2, -0.15) is 17.6 Å². The lowest BCUT2D eigenvalue weighted by Gasteiger charge is -2.33. The van der Waals surface area contributed by atoms with Crippen molar-refractivity contribution in [1.29, 1.82) is 0 Å². The van der Waals surface area contributed by atoms with Crippen LogP contribution in [0.5, 0.6) is 0 Å². The molecule has 0 aliphatic heterocycles. The van der Waals surface area contributed by atoms with Gasteiger partial charge in [0.1, 0.15) is 0 Å². The number of hydrogen-bond donors (Lipinski definition) is 1. The van der Waals surface area contributed by atoms with Crippen LogP contribution in [0.3, 0.4) is 0 Å². The van der Waals surface area contributed by atoms with Crippen molar-refractivity contribution >= 4 is 5.97 Å². The van der Waals surface area contributed by atoms with Crippen molar-refractivity contribution in [2.24, 2.45) is 5.92 Å². The van der Waals surface area contributed by atoms with Gasteiger partial charge in [-0.05, 0) is 55.2 Å². The molecule has 1 N–H and O–H groups in total. The summed E-state index contributed by atoms with van der Waals surface area (Å²) in [5.74, 6) is -9.76. The van der Waals surface area contributed by atoms with E-state index in [0.717, 1.165) is 38.2 Å². The van der Waals surface area contributed by atoms with Gasteiger partial charge in [-0.25, -0.2) is 4.79 Å². The Labute approximate surface area is 151 Å². The number of carboxylic acid groups (broad SMARTS) is 1. The lowest BCUT2D eigenvalue weighted by Crippen LogP contribution is -2.36. The number of unbranched alkanes of at least 4 members (excludes halogenated alkanes) is 1. The lowest BCUT2D eigenvalue weighted by atomic mass is 9.75. The molecule has 1 fully saturated rings. The van der Waals surface area contributed by atoms with Gasteiger partial charge in [-0.3, -0.25) is 0 Å². The van der Waals surface area contributed by atoms with Crippen LogP contribution >= 0.6 is 0 Å². The molecular weight excluding hydrogens is 348 g/mol. The predicted octanol–water partition coefficient (Wildman–Crippen LogP) is 6.60. The number of carboxylic acids is 1. The molecule has 1 aliphatic carbocycles. The van der Waals surface area contributed by atoms with E-state index in [-0.39, 0.29) is 18.4 Å². The number of hydrogen-bond acceptors (Lipinski definition) is 1. The fraction of sp³-hybridized carbons (Fsp3) is 0.650. The van der Waals surface area contributed by atoms with Crippen molar-refractivity contribution in [2.45, 2.75) is 76.6 Å². The van der Waals surface area contributed by atoms with Crippen LogP contribution in [0.4, 0.5) is 17.6 Å². The van der Waals surface area contributed by atoms with Gasteiger partial charge in [-0.1, -0.05) is 32.3 Å². The molecule has 0 spiro atoms. The quantitative estimate of drug-likeness (QED) is 0.546. The molecule has 0 aromatic heterocycles. The molecule has 0 saturated heterocycles. The van der Waals surface area contributed by atoms with E-state index in [1.165, 1.54) is 12.1 Å². The molecule has 0 radical (unpaired) electrons. The summed E-state index contributed by atoms with van der Waals surface area (Å²) in [4.78, 5) is 11.1. The second-order valence-electron chi connectivity index (χ2n) is 7.43. The maximum atomic E-state index is 14.4. The third-order valence-electron chi connectivity index (χ3n) is 5.44. The predicted molar refractivity (Wildman–Crippen MR) is 92.1 cm³/mol. The highest BCUT2D eigenvalue weighted by atomic mass is 19.3. The van der Waals surface area contributed by atoms with Gasteiger partial charge in [0.05, 0.1) is 5.56 Å². The zero-order chi connectivity index (χ0) is 19.5.